The van der Waals surface area contributed by atoms with E-state index in [-0.39, 0.29) is 23.7 Å². The Balaban J connectivity index is 1.31. The second-order valence-electron chi connectivity index (χ2n) is 10.6. The standard InChI is InChI=1S/C27H31N5O2/c1-26(2)33-23-21(32-13-10-18-20(32)9-12-30-25(18)29)15-27(3,24(23)34-26)11-8-16-4-5-17-6-7-22(28)31-19(17)14-16/h4-7,9-10,12-14,21,23-24H,8,11,15H2,1-3H3,(H2,28,31)(H2,29,30)/t21-,23+,24+,27+/m1/s1. The van der Waals surface area contributed by atoms with Gasteiger partial charge in [-0.05, 0) is 74.4 Å². The summed E-state index contributed by atoms with van der Waals surface area (Å²) in [5, 5.41) is 2.08. The van der Waals surface area contributed by atoms with E-state index in [1.165, 1.54) is 5.56 Å². The molecule has 0 amide bonds. The van der Waals surface area contributed by atoms with Crippen LogP contribution in [-0.2, 0) is 15.9 Å². The molecule has 1 aliphatic carbocycles. The molecule has 0 unspecified atom stereocenters. The number of nitrogens with zero attached hydrogens (tertiary/aromatic N) is 3. The number of hydrogen-bond donors (Lipinski definition) is 2. The highest BCUT2D eigenvalue weighted by atomic mass is 16.8. The highest BCUT2D eigenvalue weighted by molar-refractivity contribution is 5.89. The topological polar surface area (TPSA) is 101 Å². The molecule has 4 heterocycles. The van der Waals surface area contributed by atoms with E-state index in [2.05, 4.69) is 51.9 Å². The molecule has 1 saturated heterocycles. The van der Waals surface area contributed by atoms with Gasteiger partial charge in [-0.2, -0.15) is 0 Å². The fourth-order valence-electron chi connectivity index (χ4n) is 5.98. The molecule has 1 saturated carbocycles. The zero-order valence-electron chi connectivity index (χ0n) is 19.9. The van der Waals surface area contributed by atoms with Gasteiger partial charge in [0.05, 0.1) is 23.2 Å². The first kappa shape index (κ1) is 21.4. The number of benzene rings is 1. The lowest BCUT2D eigenvalue weighted by Crippen LogP contribution is -2.34. The Morgan fingerprint density at radius 3 is 2.74 bits per heavy atom. The summed E-state index contributed by atoms with van der Waals surface area (Å²) >= 11 is 0. The van der Waals surface area contributed by atoms with Crippen molar-refractivity contribution in [3.63, 3.8) is 0 Å². The smallest absolute Gasteiger partial charge is 0.163 e. The fourth-order valence-corrected chi connectivity index (χ4v) is 5.98. The van der Waals surface area contributed by atoms with Gasteiger partial charge in [-0.3, -0.25) is 0 Å². The molecule has 176 valence electrons. The van der Waals surface area contributed by atoms with Gasteiger partial charge in [-0.25, -0.2) is 9.97 Å². The molecule has 34 heavy (non-hydrogen) atoms. The Hall–Kier alpha value is -3.16. The lowest BCUT2D eigenvalue weighted by Gasteiger charge is -2.32. The molecule has 0 spiro atoms. The molecule has 3 aromatic heterocycles. The molecule has 7 nitrogen and oxygen atoms in total. The van der Waals surface area contributed by atoms with E-state index in [9.17, 15) is 0 Å². The van der Waals surface area contributed by atoms with Gasteiger partial charge in [-0.15, -0.1) is 0 Å². The number of hydrogen-bond acceptors (Lipinski definition) is 6. The van der Waals surface area contributed by atoms with Gasteiger partial charge >= 0.3 is 0 Å². The van der Waals surface area contributed by atoms with E-state index < -0.39 is 5.79 Å². The second-order valence-corrected chi connectivity index (χ2v) is 10.6. The maximum Gasteiger partial charge on any atom is 0.163 e. The van der Waals surface area contributed by atoms with Crippen molar-refractivity contribution in [1.29, 1.82) is 0 Å². The van der Waals surface area contributed by atoms with Gasteiger partial charge in [0.15, 0.2) is 5.79 Å². The molecule has 6 rings (SSSR count). The van der Waals surface area contributed by atoms with Gasteiger partial charge < -0.3 is 25.5 Å². The number of nitrogen functional groups attached to an aromatic ring is 2. The van der Waals surface area contributed by atoms with E-state index >= 15 is 0 Å². The predicted molar refractivity (Wildman–Crippen MR) is 134 cm³/mol. The number of rotatable bonds is 4. The number of nitrogens with two attached hydrogens (primary N) is 2. The molecule has 4 aromatic rings. The van der Waals surface area contributed by atoms with Crippen LogP contribution in [0.1, 0.15) is 45.2 Å². The Morgan fingerprint density at radius 2 is 1.88 bits per heavy atom. The minimum Gasteiger partial charge on any atom is -0.384 e. The van der Waals surface area contributed by atoms with Gasteiger partial charge in [0.25, 0.3) is 0 Å². The number of fused-ring (bicyclic) bond motifs is 3. The van der Waals surface area contributed by atoms with Crippen molar-refractivity contribution >= 4 is 33.4 Å². The van der Waals surface area contributed by atoms with Gasteiger partial charge in [0, 0.05) is 23.2 Å². The van der Waals surface area contributed by atoms with E-state index in [1.807, 2.05) is 32.0 Å². The number of pyridine rings is 2. The molecule has 2 fully saturated rings. The molecular formula is C27H31N5O2. The van der Waals surface area contributed by atoms with Crippen molar-refractivity contribution in [2.24, 2.45) is 5.41 Å². The van der Waals surface area contributed by atoms with Crippen LogP contribution in [0, 0.1) is 5.41 Å². The van der Waals surface area contributed by atoms with Gasteiger partial charge in [0.2, 0.25) is 0 Å². The summed E-state index contributed by atoms with van der Waals surface area (Å²) in [6.45, 7) is 6.37. The van der Waals surface area contributed by atoms with Crippen LogP contribution in [0.5, 0.6) is 0 Å². The highest BCUT2D eigenvalue weighted by Crippen LogP contribution is 2.55. The minimum atomic E-state index is -0.608. The van der Waals surface area contributed by atoms with Crippen molar-refractivity contribution in [2.75, 3.05) is 11.5 Å². The van der Waals surface area contributed by atoms with Crippen molar-refractivity contribution in [3.05, 3.63) is 60.4 Å². The molecule has 7 heteroatoms. The Morgan fingerprint density at radius 1 is 1.06 bits per heavy atom. The third-order valence-electron chi connectivity index (χ3n) is 7.67. The monoisotopic (exact) mass is 457 g/mol. The summed E-state index contributed by atoms with van der Waals surface area (Å²) in [4.78, 5) is 8.75. The van der Waals surface area contributed by atoms with Crippen LogP contribution in [0.3, 0.4) is 0 Å². The first-order chi connectivity index (χ1) is 16.2. The van der Waals surface area contributed by atoms with Crippen LogP contribution in [0.2, 0.25) is 0 Å². The number of anilines is 2. The molecule has 0 radical (unpaired) electrons. The zero-order chi connectivity index (χ0) is 23.7. The van der Waals surface area contributed by atoms with Gasteiger partial charge in [0.1, 0.15) is 17.7 Å². The molecule has 1 aromatic carbocycles. The average molecular weight is 458 g/mol. The molecule has 2 aliphatic rings. The second kappa shape index (κ2) is 7.42. The molecule has 1 aliphatic heterocycles. The number of aryl methyl sites for hydroxylation is 1. The van der Waals surface area contributed by atoms with Crippen molar-refractivity contribution in [2.45, 2.75) is 64.1 Å². The summed E-state index contributed by atoms with van der Waals surface area (Å²) in [6, 6.07) is 14.6. The molecular weight excluding hydrogens is 426 g/mol. The first-order valence-electron chi connectivity index (χ1n) is 11.9. The van der Waals surface area contributed by atoms with Crippen LogP contribution < -0.4 is 11.5 Å². The van der Waals surface area contributed by atoms with E-state index in [1.54, 1.807) is 6.20 Å². The van der Waals surface area contributed by atoms with Crippen molar-refractivity contribution in [1.82, 2.24) is 14.5 Å². The van der Waals surface area contributed by atoms with Gasteiger partial charge in [-0.1, -0.05) is 19.1 Å². The maximum atomic E-state index is 6.53. The summed E-state index contributed by atoms with van der Waals surface area (Å²) in [6.07, 6.45) is 6.76. The third kappa shape index (κ3) is 3.42. The highest BCUT2D eigenvalue weighted by Gasteiger charge is 2.59. The molecule has 4 N–H and O–H groups in total. The van der Waals surface area contributed by atoms with E-state index in [4.69, 9.17) is 20.9 Å². The summed E-state index contributed by atoms with van der Waals surface area (Å²) < 4.78 is 15.3. The maximum absolute atomic E-state index is 6.53. The fraction of sp³-hybridized carbons (Fsp3) is 0.407. The van der Waals surface area contributed by atoms with Crippen LogP contribution in [0.15, 0.2) is 54.9 Å². The summed E-state index contributed by atoms with van der Waals surface area (Å²) in [7, 11) is 0. The average Bonchev–Trinajstić information content (AvgIpc) is 3.44. The SMILES string of the molecule is CC1(C)O[C@H]2[C@H](n3ccc4c(N)nccc43)C[C@](C)(CCc3ccc4ccc(N)nc4c3)[C@H]2O1. The van der Waals surface area contributed by atoms with E-state index in [0.717, 1.165) is 41.1 Å². The quantitative estimate of drug-likeness (QED) is 0.454. The first-order valence-corrected chi connectivity index (χ1v) is 11.9. The van der Waals surface area contributed by atoms with Crippen molar-refractivity contribution < 1.29 is 9.47 Å². The largest absolute Gasteiger partial charge is 0.384 e. The summed E-state index contributed by atoms with van der Waals surface area (Å²) in [5.41, 5.74) is 15.3. The normalized spacial score (nSPS) is 28.0. The third-order valence-corrected chi connectivity index (χ3v) is 7.67. The van der Waals surface area contributed by atoms with Crippen LogP contribution in [0.4, 0.5) is 11.6 Å². The lowest BCUT2D eigenvalue weighted by atomic mass is 9.80. The van der Waals surface area contributed by atoms with E-state index in [0.29, 0.717) is 11.6 Å². The zero-order valence-corrected chi connectivity index (χ0v) is 19.9. The summed E-state index contributed by atoms with van der Waals surface area (Å²) in [5.74, 6) is 0.498. The van der Waals surface area contributed by atoms with Crippen LogP contribution in [0.25, 0.3) is 21.8 Å². The number of ether oxygens (including phenoxy) is 2. The van der Waals surface area contributed by atoms with Crippen LogP contribution >= 0.6 is 0 Å². The Labute approximate surface area is 199 Å². The Bertz CT molecular complexity index is 1400. The minimum absolute atomic E-state index is 0.0124. The Kier molecular flexibility index (Phi) is 4.66. The molecule has 0 bridgehead atoms. The van der Waals surface area contributed by atoms with Crippen molar-refractivity contribution in [3.8, 4) is 0 Å². The predicted octanol–water partition coefficient (Wildman–Crippen LogP) is 4.85. The van der Waals surface area contributed by atoms with Crippen LogP contribution in [-0.4, -0.2) is 32.5 Å². The lowest BCUT2D eigenvalue weighted by molar-refractivity contribution is -0.168. The number of aromatic nitrogens is 3. The molecule has 4 atom stereocenters.